The van der Waals surface area contributed by atoms with Crippen LogP contribution in [0.3, 0.4) is 0 Å². The SMILES string of the molecule is COC1CC(N2CCC[C@@]3(COc4nc(N5CCOC[C@@H](C)C5)c5cnc(-c6cc(O)cc7cccc(Cl)c67)c(F)c5n4)CCC[C@@H]23)C1. The van der Waals surface area contributed by atoms with E-state index >= 15 is 4.39 Å². The number of pyridine rings is 1. The molecule has 9 nitrogen and oxygen atoms in total. The van der Waals surface area contributed by atoms with E-state index in [0.29, 0.717) is 83.7 Å². The Labute approximate surface area is 285 Å². The van der Waals surface area contributed by atoms with Gasteiger partial charge in [-0.25, -0.2) is 4.39 Å². The van der Waals surface area contributed by atoms with E-state index in [4.69, 9.17) is 35.8 Å². The van der Waals surface area contributed by atoms with Gasteiger partial charge < -0.3 is 24.2 Å². The van der Waals surface area contributed by atoms with Crippen LogP contribution in [0, 0.1) is 17.2 Å². The molecule has 4 aromatic rings. The molecule has 2 saturated heterocycles. The van der Waals surface area contributed by atoms with Crippen molar-refractivity contribution in [3.63, 3.8) is 0 Å². The summed E-state index contributed by atoms with van der Waals surface area (Å²) >= 11 is 6.63. The predicted octanol–water partition coefficient (Wildman–Crippen LogP) is 7.01. The van der Waals surface area contributed by atoms with Crippen molar-refractivity contribution in [1.82, 2.24) is 19.9 Å². The van der Waals surface area contributed by atoms with Crippen LogP contribution in [0.2, 0.25) is 5.02 Å². The highest BCUT2D eigenvalue weighted by Crippen LogP contribution is 2.50. The third-order valence-corrected chi connectivity index (χ3v) is 11.6. The first-order valence-corrected chi connectivity index (χ1v) is 17.7. The molecule has 4 aliphatic rings. The summed E-state index contributed by atoms with van der Waals surface area (Å²) in [6.07, 6.45) is 9.85. The molecule has 2 aliphatic carbocycles. The number of methoxy groups -OCH3 is 1. The molecule has 11 heteroatoms. The van der Waals surface area contributed by atoms with E-state index in [1.807, 2.05) is 13.2 Å². The van der Waals surface area contributed by atoms with Crippen LogP contribution in [-0.4, -0.2) is 89.7 Å². The quantitative estimate of drug-likeness (QED) is 0.222. The van der Waals surface area contributed by atoms with Crippen molar-refractivity contribution in [3.8, 4) is 23.0 Å². The minimum absolute atomic E-state index is 0.00134. The Morgan fingerprint density at radius 2 is 2.00 bits per heavy atom. The van der Waals surface area contributed by atoms with E-state index in [1.54, 1.807) is 24.4 Å². The monoisotopic (exact) mass is 675 g/mol. The van der Waals surface area contributed by atoms with Crippen molar-refractivity contribution in [3.05, 3.63) is 47.4 Å². The van der Waals surface area contributed by atoms with Gasteiger partial charge in [0.25, 0.3) is 0 Å². The van der Waals surface area contributed by atoms with Crippen LogP contribution in [0.25, 0.3) is 32.9 Å². The maximum absolute atomic E-state index is 16.9. The molecule has 2 aromatic carbocycles. The van der Waals surface area contributed by atoms with Crippen LogP contribution in [0.1, 0.15) is 51.9 Å². The van der Waals surface area contributed by atoms with E-state index in [2.05, 4.69) is 21.7 Å². The van der Waals surface area contributed by atoms with Crippen LogP contribution in [0.5, 0.6) is 11.8 Å². The summed E-state index contributed by atoms with van der Waals surface area (Å²) in [4.78, 5) is 19.2. The molecule has 0 radical (unpaired) electrons. The molecule has 0 amide bonds. The Bertz CT molecular complexity index is 1840. The normalized spacial score (nSPS) is 28.0. The largest absolute Gasteiger partial charge is 0.508 e. The number of ether oxygens (including phenoxy) is 3. The summed E-state index contributed by atoms with van der Waals surface area (Å²) in [6.45, 7) is 6.25. The van der Waals surface area contributed by atoms with E-state index in [0.717, 1.165) is 45.1 Å². The van der Waals surface area contributed by atoms with Gasteiger partial charge in [-0.2, -0.15) is 9.97 Å². The van der Waals surface area contributed by atoms with Gasteiger partial charge in [0, 0.05) is 59.9 Å². The maximum Gasteiger partial charge on any atom is 0.319 e. The van der Waals surface area contributed by atoms with Crippen molar-refractivity contribution in [1.29, 1.82) is 0 Å². The number of phenols is 1. The molecule has 4 heterocycles. The number of nitrogens with zero attached hydrogens (tertiary/aromatic N) is 5. The Balaban J connectivity index is 1.19. The molecule has 1 N–H and O–H groups in total. The highest BCUT2D eigenvalue weighted by molar-refractivity contribution is 6.36. The van der Waals surface area contributed by atoms with Gasteiger partial charge in [-0.15, -0.1) is 0 Å². The molecule has 4 fully saturated rings. The molecule has 254 valence electrons. The van der Waals surface area contributed by atoms with Crippen LogP contribution in [0.4, 0.5) is 10.2 Å². The minimum Gasteiger partial charge on any atom is -0.508 e. The van der Waals surface area contributed by atoms with Gasteiger partial charge in [0.1, 0.15) is 22.8 Å². The molecule has 48 heavy (non-hydrogen) atoms. The first kappa shape index (κ1) is 31.9. The molecule has 0 spiro atoms. The van der Waals surface area contributed by atoms with Gasteiger partial charge in [0.15, 0.2) is 5.82 Å². The number of aromatic nitrogens is 3. The number of piperidine rings is 1. The van der Waals surface area contributed by atoms with Crippen molar-refractivity contribution in [2.24, 2.45) is 11.3 Å². The molecule has 0 unspecified atom stereocenters. The number of halogens is 2. The van der Waals surface area contributed by atoms with Crippen molar-refractivity contribution in [2.75, 3.05) is 51.5 Å². The Morgan fingerprint density at radius 3 is 2.85 bits per heavy atom. The number of fused-ring (bicyclic) bond motifs is 3. The molecular weight excluding hydrogens is 633 g/mol. The van der Waals surface area contributed by atoms with Gasteiger partial charge in [-0.05, 0) is 74.6 Å². The second-order valence-corrected chi connectivity index (χ2v) is 14.8. The fraction of sp³-hybridized carbons (Fsp3) is 0.541. The zero-order chi connectivity index (χ0) is 33.0. The summed E-state index contributed by atoms with van der Waals surface area (Å²) in [5.74, 6) is 0.245. The Hall–Kier alpha value is -3.31. The van der Waals surface area contributed by atoms with Crippen molar-refractivity contribution >= 4 is 39.1 Å². The van der Waals surface area contributed by atoms with E-state index in [9.17, 15) is 5.11 Å². The molecule has 2 aliphatic heterocycles. The lowest BCUT2D eigenvalue weighted by Crippen LogP contribution is -2.59. The molecule has 2 aromatic heterocycles. The number of aromatic hydroxyl groups is 1. The van der Waals surface area contributed by atoms with Gasteiger partial charge in [0.05, 0.1) is 31.3 Å². The molecular formula is C37H43ClFN5O4. The number of anilines is 1. The first-order chi connectivity index (χ1) is 23.3. The summed E-state index contributed by atoms with van der Waals surface area (Å²) in [7, 11) is 1.81. The number of phenolic OH excluding ortho intramolecular Hbond substituents is 1. The second-order valence-electron chi connectivity index (χ2n) is 14.4. The average Bonchev–Trinajstić information content (AvgIpc) is 3.37. The first-order valence-electron chi connectivity index (χ1n) is 17.4. The smallest absolute Gasteiger partial charge is 0.319 e. The van der Waals surface area contributed by atoms with Crippen molar-refractivity contribution < 1.29 is 23.7 Å². The molecule has 0 bridgehead atoms. The highest BCUT2D eigenvalue weighted by Gasteiger charge is 2.51. The maximum atomic E-state index is 16.9. The minimum atomic E-state index is -0.606. The standard InChI is InChI=1S/C37H43ClFN5O4/c1-22-19-43(12-13-47-20-22)35-28-18-40-33(27-17-25(45)14-23-6-3-7-29(38)31(23)27)32(39)34(28)41-36(42-35)48-21-37-9-4-8-30(37)44(11-5-10-37)24-15-26(16-24)46-2/h3,6-7,14,17-18,22,24,26,30,45H,4-5,8-13,15-16,19-21H2,1-2H3/t22-,24?,26?,30+,37+/m0/s1. The topological polar surface area (TPSA) is 93.1 Å². The van der Waals surface area contributed by atoms with Crippen molar-refractivity contribution in [2.45, 2.75) is 70.1 Å². The number of likely N-dealkylation sites (tertiary alicyclic amines) is 1. The highest BCUT2D eigenvalue weighted by atomic mass is 35.5. The van der Waals surface area contributed by atoms with Crippen LogP contribution < -0.4 is 9.64 Å². The fourth-order valence-electron chi connectivity index (χ4n) is 8.83. The van der Waals surface area contributed by atoms with Crippen LogP contribution in [0.15, 0.2) is 36.5 Å². The Kier molecular flexibility index (Phi) is 8.55. The summed E-state index contributed by atoms with van der Waals surface area (Å²) in [5.41, 5.74) is 0.606. The summed E-state index contributed by atoms with van der Waals surface area (Å²) in [6, 6.07) is 9.69. The fourth-order valence-corrected chi connectivity index (χ4v) is 9.11. The molecule has 3 atom stereocenters. The van der Waals surface area contributed by atoms with Gasteiger partial charge >= 0.3 is 6.01 Å². The Morgan fingerprint density at radius 1 is 1.15 bits per heavy atom. The van der Waals surface area contributed by atoms with Gasteiger partial charge in [0.2, 0.25) is 0 Å². The number of hydrogen-bond acceptors (Lipinski definition) is 9. The lowest BCUT2D eigenvalue weighted by Gasteiger charge is -2.53. The second kappa shape index (κ2) is 12.9. The van der Waals surface area contributed by atoms with Gasteiger partial charge in [-0.1, -0.05) is 37.1 Å². The predicted molar refractivity (Wildman–Crippen MR) is 184 cm³/mol. The number of benzene rings is 2. The molecule has 8 rings (SSSR count). The van der Waals surface area contributed by atoms with E-state index < -0.39 is 5.82 Å². The number of rotatable bonds is 7. The number of hydrogen-bond donors (Lipinski definition) is 1. The zero-order valence-electron chi connectivity index (χ0n) is 27.6. The average molecular weight is 676 g/mol. The lowest BCUT2D eigenvalue weighted by molar-refractivity contribution is -0.0845. The zero-order valence-corrected chi connectivity index (χ0v) is 28.4. The third-order valence-electron chi connectivity index (χ3n) is 11.3. The molecule has 2 saturated carbocycles. The van der Waals surface area contributed by atoms with Gasteiger partial charge in [-0.3, -0.25) is 9.88 Å². The lowest BCUT2D eigenvalue weighted by atomic mass is 9.73. The van der Waals surface area contributed by atoms with Crippen LogP contribution >= 0.6 is 11.6 Å². The van der Waals surface area contributed by atoms with Crippen LogP contribution in [-0.2, 0) is 9.47 Å². The van der Waals surface area contributed by atoms with E-state index in [-0.39, 0.29) is 34.3 Å². The third kappa shape index (κ3) is 5.64. The summed E-state index contributed by atoms with van der Waals surface area (Å²) in [5, 5.41) is 12.8. The summed E-state index contributed by atoms with van der Waals surface area (Å²) < 4.78 is 34.9. The van der Waals surface area contributed by atoms with E-state index in [1.165, 1.54) is 12.5 Å².